The SMILES string of the molecule is Cc1ccc(Nc2ncc(N)c(C)c2Br)cc1. The molecule has 1 heterocycles. The monoisotopic (exact) mass is 291 g/mol. The van der Waals surface area contributed by atoms with E-state index in [2.05, 4.69) is 45.3 Å². The fourth-order valence-electron chi connectivity index (χ4n) is 1.45. The van der Waals surface area contributed by atoms with Crippen LogP contribution in [-0.4, -0.2) is 4.98 Å². The van der Waals surface area contributed by atoms with Crippen LogP contribution in [0.4, 0.5) is 17.2 Å². The van der Waals surface area contributed by atoms with Gasteiger partial charge in [0.25, 0.3) is 0 Å². The minimum Gasteiger partial charge on any atom is -0.397 e. The van der Waals surface area contributed by atoms with Gasteiger partial charge in [-0.05, 0) is 47.5 Å². The molecular weight excluding hydrogens is 278 g/mol. The van der Waals surface area contributed by atoms with Crippen molar-refractivity contribution in [2.75, 3.05) is 11.1 Å². The average Bonchev–Trinajstić information content (AvgIpc) is 2.33. The summed E-state index contributed by atoms with van der Waals surface area (Å²) in [5.74, 6) is 0.778. The number of aryl methyl sites for hydroxylation is 1. The van der Waals surface area contributed by atoms with E-state index in [0.29, 0.717) is 5.69 Å². The Balaban J connectivity index is 2.30. The number of rotatable bonds is 2. The third-order valence-corrected chi connectivity index (χ3v) is 3.59. The number of halogens is 1. The summed E-state index contributed by atoms with van der Waals surface area (Å²) in [4.78, 5) is 4.27. The van der Waals surface area contributed by atoms with Gasteiger partial charge >= 0.3 is 0 Å². The molecule has 0 aliphatic heterocycles. The van der Waals surface area contributed by atoms with E-state index in [1.54, 1.807) is 6.20 Å². The molecule has 1 aromatic carbocycles. The van der Waals surface area contributed by atoms with Crippen LogP contribution in [0, 0.1) is 13.8 Å². The van der Waals surface area contributed by atoms with Gasteiger partial charge in [0.1, 0.15) is 5.82 Å². The number of pyridine rings is 1. The minimum atomic E-state index is 0.686. The standard InChI is InChI=1S/C13H14BrN3/c1-8-3-5-10(6-4-8)17-13-12(14)9(2)11(15)7-16-13/h3-7H,15H2,1-2H3,(H,16,17). The van der Waals surface area contributed by atoms with Crippen molar-refractivity contribution in [2.24, 2.45) is 0 Å². The normalized spacial score (nSPS) is 10.3. The fourth-order valence-corrected chi connectivity index (χ4v) is 1.88. The Morgan fingerprint density at radius 2 is 1.82 bits per heavy atom. The maximum Gasteiger partial charge on any atom is 0.145 e. The van der Waals surface area contributed by atoms with Crippen LogP contribution in [0.5, 0.6) is 0 Å². The Hall–Kier alpha value is -1.55. The summed E-state index contributed by atoms with van der Waals surface area (Å²) in [6, 6.07) is 8.16. The number of aromatic nitrogens is 1. The van der Waals surface area contributed by atoms with Crippen molar-refractivity contribution in [1.29, 1.82) is 0 Å². The zero-order valence-corrected chi connectivity index (χ0v) is 11.4. The van der Waals surface area contributed by atoms with Crippen molar-refractivity contribution < 1.29 is 0 Å². The molecule has 4 heteroatoms. The van der Waals surface area contributed by atoms with Gasteiger partial charge in [-0.2, -0.15) is 0 Å². The number of hydrogen-bond donors (Lipinski definition) is 2. The van der Waals surface area contributed by atoms with Crippen LogP contribution >= 0.6 is 15.9 Å². The lowest BCUT2D eigenvalue weighted by molar-refractivity contribution is 1.25. The summed E-state index contributed by atoms with van der Waals surface area (Å²) >= 11 is 3.50. The number of nitrogens with one attached hydrogen (secondary N) is 1. The molecule has 0 spiro atoms. The van der Waals surface area contributed by atoms with E-state index in [-0.39, 0.29) is 0 Å². The molecule has 0 fully saturated rings. The van der Waals surface area contributed by atoms with Crippen molar-refractivity contribution in [3.8, 4) is 0 Å². The van der Waals surface area contributed by atoms with Gasteiger partial charge in [0.15, 0.2) is 0 Å². The zero-order valence-electron chi connectivity index (χ0n) is 9.79. The Morgan fingerprint density at radius 1 is 1.18 bits per heavy atom. The topological polar surface area (TPSA) is 50.9 Å². The summed E-state index contributed by atoms with van der Waals surface area (Å²) in [6.07, 6.45) is 1.66. The van der Waals surface area contributed by atoms with Gasteiger partial charge in [-0.1, -0.05) is 17.7 Å². The van der Waals surface area contributed by atoms with Crippen molar-refractivity contribution >= 4 is 33.1 Å². The Kier molecular flexibility index (Phi) is 3.33. The highest BCUT2D eigenvalue weighted by Gasteiger charge is 2.07. The quantitative estimate of drug-likeness (QED) is 0.885. The van der Waals surface area contributed by atoms with E-state index >= 15 is 0 Å². The first-order chi connectivity index (χ1) is 8.08. The van der Waals surface area contributed by atoms with E-state index in [1.807, 2.05) is 19.1 Å². The molecule has 0 saturated heterocycles. The van der Waals surface area contributed by atoms with Crippen LogP contribution in [0.15, 0.2) is 34.9 Å². The molecule has 2 rings (SSSR count). The molecule has 3 N–H and O–H groups in total. The molecule has 3 nitrogen and oxygen atoms in total. The summed E-state index contributed by atoms with van der Waals surface area (Å²) < 4.78 is 0.901. The summed E-state index contributed by atoms with van der Waals surface area (Å²) in [5, 5.41) is 3.25. The van der Waals surface area contributed by atoms with Crippen LogP contribution in [0.1, 0.15) is 11.1 Å². The number of hydrogen-bond acceptors (Lipinski definition) is 3. The molecule has 1 aromatic heterocycles. The van der Waals surface area contributed by atoms with Crippen LogP contribution < -0.4 is 11.1 Å². The number of nitrogen functional groups attached to an aromatic ring is 1. The molecule has 88 valence electrons. The third-order valence-electron chi connectivity index (χ3n) is 2.62. The molecule has 0 saturated carbocycles. The minimum absolute atomic E-state index is 0.686. The maximum absolute atomic E-state index is 5.78. The largest absolute Gasteiger partial charge is 0.397 e. The highest BCUT2D eigenvalue weighted by Crippen LogP contribution is 2.29. The van der Waals surface area contributed by atoms with E-state index in [4.69, 9.17) is 5.73 Å². The van der Waals surface area contributed by atoms with Gasteiger partial charge in [-0.25, -0.2) is 4.98 Å². The number of benzene rings is 1. The first-order valence-electron chi connectivity index (χ1n) is 5.32. The van der Waals surface area contributed by atoms with Crippen LogP contribution in [0.2, 0.25) is 0 Å². The second-order valence-electron chi connectivity index (χ2n) is 3.99. The highest BCUT2D eigenvalue weighted by atomic mass is 79.9. The van der Waals surface area contributed by atoms with Crippen LogP contribution in [0.3, 0.4) is 0 Å². The Labute approximate surface area is 109 Å². The average molecular weight is 292 g/mol. The lowest BCUT2D eigenvalue weighted by Crippen LogP contribution is -1.99. The van der Waals surface area contributed by atoms with Crippen molar-refractivity contribution in [2.45, 2.75) is 13.8 Å². The molecule has 0 amide bonds. The van der Waals surface area contributed by atoms with Gasteiger partial charge < -0.3 is 11.1 Å². The van der Waals surface area contributed by atoms with Crippen molar-refractivity contribution in [1.82, 2.24) is 4.98 Å². The van der Waals surface area contributed by atoms with Gasteiger partial charge in [0.05, 0.1) is 16.4 Å². The lowest BCUT2D eigenvalue weighted by Gasteiger charge is -2.10. The summed E-state index contributed by atoms with van der Waals surface area (Å²) in [5.41, 5.74) is 9.70. The van der Waals surface area contributed by atoms with E-state index in [1.165, 1.54) is 5.56 Å². The van der Waals surface area contributed by atoms with Crippen LogP contribution in [0.25, 0.3) is 0 Å². The maximum atomic E-state index is 5.78. The summed E-state index contributed by atoms with van der Waals surface area (Å²) in [6.45, 7) is 4.02. The van der Waals surface area contributed by atoms with Crippen molar-refractivity contribution in [3.05, 3.63) is 46.1 Å². The zero-order chi connectivity index (χ0) is 12.4. The predicted octanol–water partition coefficient (Wildman–Crippen LogP) is 3.79. The first kappa shape index (κ1) is 11.9. The van der Waals surface area contributed by atoms with Crippen molar-refractivity contribution in [3.63, 3.8) is 0 Å². The Morgan fingerprint density at radius 3 is 2.47 bits per heavy atom. The smallest absolute Gasteiger partial charge is 0.145 e. The van der Waals surface area contributed by atoms with Gasteiger partial charge in [0, 0.05) is 5.69 Å². The number of nitrogens with zero attached hydrogens (tertiary/aromatic N) is 1. The molecule has 17 heavy (non-hydrogen) atoms. The molecule has 0 unspecified atom stereocenters. The molecule has 2 aromatic rings. The van der Waals surface area contributed by atoms with E-state index < -0.39 is 0 Å². The second kappa shape index (κ2) is 4.75. The van der Waals surface area contributed by atoms with Gasteiger partial charge in [-0.3, -0.25) is 0 Å². The lowest BCUT2D eigenvalue weighted by atomic mass is 10.2. The Bertz CT molecular complexity index is 535. The molecule has 0 radical (unpaired) electrons. The number of anilines is 3. The van der Waals surface area contributed by atoms with E-state index in [9.17, 15) is 0 Å². The van der Waals surface area contributed by atoms with Gasteiger partial charge in [0.2, 0.25) is 0 Å². The molecule has 0 atom stereocenters. The van der Waals surface area contributed by atoms with E-state index in [0.717, 1.165) is 21.5 Å². The molecule has 0 bridgehead atoms. The van der Waals surface area contributed by atoms with Gasteiger partial charge in [-0.15, -0.1) is 0 Å². The fraction of sp³-hybridized carbons (Fsp3) is 0.154. The summed E-state index contributed by atoms with van der Waals surface area (Å²) in [7, 11) is 0. The molecular formula is C13H14BrN3. The predicted molar refractivity (Wildman–Crippen MR) is 75.5 cm³/mol. The number of nitrogens with two attached hydrogens (primary N) is 1. The highest BCUT2D eigenvalue weighted by molar-refractivity contribution is 9.10. The first-order valence-corrected chi connectivity index (χ1v) is 6.11. The van der Waals surface area contributed by atoms with Crippen LogP contribution in [-0.2, 0) is 0 Å². The second-order valence-corrected chi connectivity index (χ2v) is 4.79. The molecule has 0 aliphatic rings. The third kappa shape index (κ3) is 2.58. The molecule has 0 aliphatic carbocycles.